The lowest BCUT2D eigenvalue weighted by Gasteiger charge is -1.99. The second-order valence-corrected chi connectivity index (χ2v) is 5.75. The van der Waals surface area contributed by atoms with E-state index >= 15 is 0 Å². The van der Waals surface area contributed by atoms with Crippen LogP contribution in [0.3, 0.4) is 0 Å². The third-order valence-corrected chi connectivity index (χ3v) is 3.29. The van der Waals surface area contributed by atoms with Crippen LogP contribution in [-0.4, -0.2) is 33.5 Å². The first-order valence-corrected chi connectivity index (χ1v) is 9.10. The molecule has 0 bridgehead atoms. The summed E-state index contributed by atoms with van der Waals surface area (Å²) in [6.45, 7) is 2.06. The van der Waals surface area contributed by atoms with Crippen molar-refractivity contribution in [2.75, 3.05) is 0 Å². The molecule has 0 amide bonds. The minimum Gasteiger partial charge on any atom is -0.481 e. The minimum atomic E-state index is -0.787. The fourth-order valence-corrected chi connectivity index (χ4v) is 1.90. The lowest BCUT2D eigenvalue weighted by atomic mass is 10.2. The maximum atomic E-state index is 10.3. The van der Waals surface area contributed by atoms with Gasteiger partial charge >= 0.3 is 5.97 Å². The molecule has 0 spiro atoms. The summed E-state index contributed by atoms with van der Waals surface area (Å²) in [5.41, 5.74) is 0. The zero-order valence-electron chi connectivity index (χ0n) is 15.6. The van der Waals surface area contributed by atoms with Crippen molar-refractivity contribution in [1.82, 2.24) is 0 Å². The van der Waals surface area contributed by atoms with Gasteiger partial charge in [0.1, 0.15) is 0 Å². The van der Waals surface area contributed by atoms with E-state index in [1.807, 2.05) is 48.6 Å². The highest BCUT2D eigenvalue weighted by molar-refractivity contribution is 5.66. The molecule has 4 nitrogen and oxygen atoms in total. The van der Waals surface area contributed by atoms with E-state index in [4.69, 9.17) is 5.11 Å². The van der Waals surface area contributed by atoms with Gasteiger partial charge in [-0.3, -0.25) is 4.79 Å². The Hall–Kier alpha value is -2.17. The van der Waals surface area contributed by atoms with Gasteiger partial charge in [0.2, 0.25) is 0 Å². The molecule has 0 saturated carbocycles. The van der Waals surface area contributed by atoms with E-state index in [1.54, 1.807) is 24.3 Å². The van der Waals surface area contributed by atoms with Crippen LogP contribution in [0, 0.1) is 0 Å². The van der Waals surface area contributed by atoms with Crippen molar-refractivity contribution in [3.8, 4) is 0 Å². The molecule has 0 aliphatic carbocycles. The number of carboxylic acids is 1. The first kappa shape index (κ1) is 23.8. The van der Waals surface area contributed by atoms with Gasteiger partial charge in [-0.15, -0.1) is 0 Å². The van der Waals surface area contributed by atoms with E-state index < -0.39 is 18.2 Å². The first-order valence-electron chi connectivity index (χ1n) is 9.10. The molecule has 0 aliphatic rings. The normalized spacial score (nSPS) is 15.5. The lowest BCUT2D eigenvalue weighted by molar-refractivity contribution is -0.136. The SMILES string of the molecule is CCC=CC[C@@H](O)C=CC=CC=C[C@H](O)CC=CCC=CCCC(=O)O. The zero-order chi connectivity index (χ0) is 19.5. The Morgan fingerprint density at radius 3 is 1.88 bits per heavy atom. The van der Waals surface area contributed by atoms with Crippen molar-refractivity contribution < 1.29 is 20.1 Å². The number of aliphatic carboxylic acids is 1. The maximum Gasteiger partial charge on any atom is 0.303 e. The van der Waals surface area contributed by atoms with Crippen molar-refractivity contribution in [2.24, 2.45) is 0 Å². The van der Waals surface area contributed by atoms with Crippen molar-refractivity contribution in [3.63, 3.8) is 0 Å². The Morgan fingerprint density at radius 2 is 1.35 bits per heavy atom. The number of hydrogen-bond donors (Lipinski definition) is 3. The summed E-state index contributed by atoms with van der Waals surface area (Å²) >= 11 is 0. The first-order chi connectivity index (χ1) is 12.6. The average Bonchev–Trinajstić information content (AvgIpc) is 2.60. The van der Waals surface area contributed by atoms with Gasteiger partial charge in [0, 0.05) is 6.42 Å². The van der Waals surface area contributed by atoms with E-state index in [0.717, 1.165) is 12.8 Å². The molecule has 0 aromatic carbocycles. The Bertz CT molecular complexity index is 524. The molecule has 0 aliphatic heterocycles. The highest BCUT2D eigenvalue weighted by atomic mass is 16.4. The topological polar surface area (TPSA) is 77.8 Å². The highest BCUT2D eigenvalue weighted by Gasteiger charge is 1.94. The molecule has 0 radical (unpaired) electrons. The third kappa shape index (κ3) is 18.2. The van der Waals surface area contributed by atoms with E-state index in [1.165, 1.54) is 0 Å². The molecule has 144 valence electrons. The van der Waals surface area contributed by atoms with Crippen LogP contribution in [0.25, 0.3) is 0 Å². The smallest absolute Gasteiger partial charge is 0.303 e. The number of carbonyl (C=O) groups is 1. The zero-order valence-corrected chi connectivity index (χ0v) is 15.6. The minimum absolute atomic E-state index is 0.154. The molecular weight excluding hydrogens is 328 g/mol. The Morgan fingerprint density at radius 1 is 0.808 bits per heavy atom. The van der Waals surface area contributed by atoms with Crippen LogP contribution >= 0.6 is 0 Å². The second kappa shape index (κ2) is 17.6. The number of hydrogen-bond acceptors (Lipinski definition) is 3. The van der Waals surface area contributed by atoms with Gasteiger partial charge in [0.15, 0.2) is 0 Å². The molecule has 0 fully saturated rings. The lowest BCUT2D eigenvalue weighted by Crippen LogP contribution is -1.98. The van der Waals surface area contributed by atoms with E-state index in [-0.39, 0.29) is 6.42 Å². The van der Waals surface area contributed by atoms with E-state index in [9.17, 15) is 15.0 Å². The molecule has 2 atom stereocenters. The average molecular weight is 360 g/mol. The third-order valence-electron chi connectivity index (χ3n) is 3.29. The number of aliphatic hydroxyl groups excluding tert-OH is 2. The predicted molar refractivity (Wildman–Crippen MR) is 108 cm³/mol. The Balaban J connectivity index is 3.87. The van der Waals surface area contributed by atoms with Crippen LogP contribution in [-0.2, 0) is 4.79 Å². The maximum absolute atomic E-state index is 10.3. The Kier molecular flexibility index (Phi) is 16.2. The van der Waals surface area contributed by atoms with Crippen molar-refractivity contribution >= 4 is 5.97 Å². The molecule has 4 heteroatoms. The van der Waals surface area contributed by atoms with E-state index in [0.29, 0.717) is 19.3 Å². The largest absolute Gasteiger partial charge is 0.481 e. The fraction of sp³-hybridized carbons (Fsp3) is 0.409. The van der Waals surface area contributed by atoms with Crippen LogP contribution in [0.1, 0.15) is 45.4 Å². The Labute approximate surface area is 157 Å². The molecule has 0 aromatic heterocycles. The van der Waals surface area contributed by atoms with Crippen LogP contribution < -0.4 is 0 Å². The summed E-state index contributed by atoms with van der Waals surface area (Å²) in [5.74, 6) is -0.787. The van der Waals surface area contributed by atoms with Crippen LogP contribution in [0.15, 0.2) is 72.9 Å². The summed E-state index contributed by atoms with van der Waals surface area (Å²) in [7, 11) is 0. The molecule has 3 N–H and O–H groups in total. The van der Waals surface area contributed by atoms with Gasteiger partial charge < -0.3 is 15.3 Å². The number of allylic oxidation sites excluding steroid dienone is 8. The van der Waals surface area contributed by atoms with Crippen LogP contribution in [0.2, 0.25) is 0 Å². The highest BCUT2D eigenvalue weighted by Crippen LogP contribution is 2.00. The summed E-state index contributed by atoms with van der Waals surface area (Å²) in [6.07, 6.45) is 24.8. The second-order valence-electron chi connectivity index (χ2n) is 5.75. The monoisotopic (exact) mass is 360 g/mol. The summed E-state index contributed by atoms with van der Waals surface area (Å²) in [4.78, 5) is 10.3. The summed E-state index contributed by atoms with van der Waals surface area (Å²) < 4.78 is 0. The molecular formula is C22H32O4. The van der Waals surface area contributed by atoms with Crippen LogP contribution in [0.4, 0.5) is 0 Å². The van der Waals surface area contributed by atoms with Crippen LogP contribution in [0.5, 0.6) is 0 Å². The molecule has 26 heavy (non-hydrogen) atoms. The van der Waals surface area contributed by atoms with Gasteiger partial charge in [0.05, 0.1) is 12.2 Å². The number of aliphatic hydroxyl groups is 2. The standard InChI is InChI=1S/C22H32O4/c1-2-3-10-15-20(23)17-12-8-9-13-18-21(24)16-11-6-4-5-7-14-19-22(25)26/h3,5-13,17-18,20-21,23-24H,2,4,14-16,19H2,1H3,(H,25,26)/t20-,21-/m1/s1. The summed E-state index contributed by atoms with van der Waals surface area (Å²) in [5, 5.41) is 28.0. The van der Waals surface area contributed by atoms with Crippen molar-refractivity contribution in [1.29, 1.82) is 0 Å². The molecule has 0 unspecified atom stereocenters. The quantitative estimate of drug-likeness (QED) is 0.315. The van der Waals surface area contributed by atoms with Gasteiger partial charge in [-0.25, -0.2) is 0 Å². The number of carboxylic acid groups (broad SMARTS) is 1. The molecule has 0 rings (SSSR count). The summed E-state index contributed by atoms with van der Waals surface area (Å²) in [6, 6.07) is 0. The number of rotatable bonds is 14. The van der Waals surface area contributed by atoms with Crippen molar-refractivity contribution in [2.45, 2.75) is 57.7 Å². The molecule has 0 aromatic rings. The van der Waals surface area contributed by atoms with Gasteiger partial charge in [-0.05, 0) is 32.1 Å². The van der Waals surface area contributed by atoms with Gasteiger partial charge in [0.25, 0.3) is 0 Å². The molecule has 0 heterocycles. The fourth-order valence-electron chi connectivity index (χ4n) is 1.90. The van der Waals surface area contributed by atoms with E-state index in [2.05, 4.69) is 6.92 Å². The molecule has 0 saturated heterocycles. The van der Waals surface area contributed by atoms with Crippen molar-refractivity contribution in [3.05, 3.63) is 72.9 Å². The predicted octanol–water partition coefficient (Wildman–Crippen LogP) is 4.49. The van der Waals surface area contributed by atoms with Gasteiger partial charge in [-0.1, -0.05) is 79.8 Å². The van der Waals surface area contributed by atoms with Gasteiger partial charge in [-0.2, -0.15) is 0 Å².